The molecule has 3 aromatic carbocycles. The van der Waals surface area contributed by atoms with Crippen molar-refractivity contribution in [3.63, 3.8) is 0 Å². The average molecular weight is 443 g/mol. The lowest BCUT2D eigenvalue weighted by Crippen LogP contribution is -1.97. The molecule has 0 aliphatic carbocycles. The minimum absolute atomic E-state index is 0.0962. The molecule has 0 saturated heterocycles. The number of rotatable bonds is 7. The molecule has 0 bridgehead atoms. The fourth-order valence-corrected chi connectivity index (χ4v) is 3.23. The van der Waals surface area contributed by atoms with Crippen molar-refractivity contribution in [2.24, 2.45) is 0 Å². The fraction of sp³-hybridized carbons (Fsp3) is 0.167. The third kappa shape index (κ3) is 4.81. The summed E-state index contributed by atoms with van der Waals surface area (Å²) in [6, 6.07) is 13.0. The van der Waals surface area contributed by atoms with Gasteiger partial charge in [0.1, 0.15) is 18.1 Å². The minimum Gasteiger partial charge on any atom is -0.508 e. The van der Waals surface area contributed by atoms with E-state index in [-0.39, 0.29) is 35.4 Å². The number of aromatic hydroxyl groups is 3. The van der Waals surface area contributed by atoms with Crippen LogP contribution in [-0.2, 0) is 0 Å². The van der Waals surface area contributed by atoms with Gasteiger partial charge in [0.25, 0.3) is 0 Å². The number of hydrogen-bond acceptors (Lipinski definition) is 6. The lowest BCUT2D eigenvalue weighted by atomic mass is 9.96. The SMILES string of the molecule is COc1cc(-c2ccc(O)cc2)c(OC)c(O)c1-c1ccc(OCC=C(C)Cl)c(O)c1. The van der Waals surface area contributed by atoms with E-state index >= 15 is 0 Å². The van der Waals surface area contributed by atoms with Crippen LogP contribution in [-0.4, -0.2) is 36.1 Å². The van der Waals surface area contributed by atoms with E-state index in [4.69, 9.17) is 25.8 Å². The molecule has 0 spiro atoms. The van der Waals surface area contributed by atoms with Gasteiger partial charge in [-0.2, -0.15) is 0 Å². The molecule has 0 heterocycles. The van der Waals surface area contributed by atoms with Crippen LogP contribution in [0.15, 0.2) is 59.6 Å². The van der Waals surface area contributed by atoms with Crippen molar-refractivity contribution in [3.05, 3.63) is 59.6 Å². The summed E-state index contributed by atoms with van der Waals surface area (Å²) in [5.41, 5.74) is 2.19. The van der Waals surface area contributed by atoms with E-state index in [1.165, 1.54) is 20.3 Å². The molecule has 0 atom stereocenters. The summed E-state index contributed by atoms with van der Waals surface area (Å²) >= 11 is 5.79. The molecule has 0 amide bonds. The van der Waals surface area contributed by atoms with E-state index in [9.17, 15) is 15.3 Å². The molecule has 0 aliphatic rings. The highest BCUT2D eigenvalue weighted by molar-refractivity contribution is 6.29. The molecule has 3 N–H and O–H groups in total. The molecule has 0 saturated carbocycles. The van der Waals surface area contributed by atoms with Crippen molar-refractivity contribution in [3.8, 4) is 56.8 Å². The topological polar surface area (TPSA) is 88.4 Å². The smallest absolute Gasteiger partial charge is 0.170 e. The Labute approximate surface area is 185 Å². The van der Waals surface area contributed by atoms with Gasteiger partial charge in [0.2, 0.25) is 0 Å². The van der Waals surface area contributed by atoms with Crippen molar-refractivity contribution in [1.29, 1.82) is 0 Å². The fourth-order valence-electron chi connectivity index (χ4n) is 3.17. The summed E-state index contributed by atoms with van der Waals surface area (Å²) in [5.74, 6) is 0.799. The van der Waals surface area contributed by atoms with Crippen LogP contribution in [0, 0.1) is 0 Å². The minimum atomic E-state index is -0.140. The zero-order chi connectivity index (χ0) is 22.5. The number of phenols is 3. The Balaban J connectivity index is 2.08. The third-order valence-electron chi connectivity index (χ3n) is 4.67. The van der Waals surface area contributed by atoms with E-state index in [1.54, 1.807) is 55.5 Å². The van der Waals surface area contributed by atoms with Crippen LogP contribution in [0.3, 0.4) is 0 Å². The zero-order valence-electron chi connectivity index (χ0n) is 17.3. The Morgan fingerprint density at radius 1 is 0.903 bits per heavy atom. The van der Waals surface area contributed by atoms with Crippen LogP contribution in [0.25, 0.3) is 22.3 Å². The van der Waals surface area contributed by atoms with Gasteiger partial charge < -0.3 is 29.5 Å². The second kappa shape index (κ2) is 9.53. The zero-order valence-corrected chi connectivity index (χ0v) is 18.1. The van der Waals surface area contributed by atoms with Gasteiger partial charge in [-0.3, -0.25) is 0 Å². The standard InChI is InChI=1S/C24H23ClO6/c1-14(25)10-11-31-20-9-6-16(12-19(20)27)22-21(29-2)13-18(24(30-3)23(22)28)15-4-7-17(26)8-5-15/h4-10,12-13,26-28H,11H2,1-3H3. The molecule has 0 aliphatic heterocycles. The number of methoxy groups -OCH3 is 2. The van der Waals surface area contributed by atoms with Gasteiger partial charge in [-0.05, 0) is 54.5 Å². The molecule has 7 heteroatoms. The summed E-state index contributed by atoms with van der Waals surface area (Å²) in [4.78, 5) is 0. The molecule has 0 unspecified atom stereocenters. The summed E-state index contributed by atoms with van der Waals surface area (Å²) < 4.78 is 16.5. The van der Waals surface area contributed by atoms with Crippen LogP contribution >= 0.6 is 11.6 Å². The summed E-state index contributed by atoms with van der Waals surface area (Å²) in [5, 5.41) is 31.6. The van der Waals surface area contributed by atoms with Crippen molar-refractivity contribution >= 4 is 11.6 Å². The molecule has 3 rings (SSSR count). The van der Waals surface area contributed by atoms with Gasteiger partial charge in [-0.15, -0.1) is 0 Å². The quantitative estimate of drug-likeness (QED) is 0.436. The number of hydrogen-bond donors (Lipinski definition) is 3. The molecule has 6 nitrogen and oxygen atoms in total. The maximum Gasteiger partial charge on any atom is 0.170 e. The first-order chi connectivity index (χ1) is 14.8. The van der Waals surface area contributed by atoms with Crippen molar-refractivity contribution in [2.75, 3.05) is 20.8 Å². The molecule has 3 aromatic rings. The Bertz CT molecular complexity index is 1100. The average Bonchev–Trinajstić information content (AvgIpc) is 2.74. The molecular weight excluding hydrogens is 420 g/mol. The highest BCUT2D eigenvalue weighted by atomic mass is 35.5. The van der Waals surface area contributed by atoms with Gasteiger partial charge in [0, 0.05) is 10.6 Å². The first-order valence-corrected chi connectivity index (χ1v) is 9.79. The van der Waals surface area contributed by atoms with Crippen LogP contribution in [0.5, 0.6) is 34.5 Å². The lowest BCUT2D eigenvalue weighted by Gasteiger charge is -2.18. The van der Waals surface area contributed by atoms with Crippen molar-refractivity contribution in [1.82, 2.24) is 0 Å². The first-order valence-electron chi connectivity index (χ1n) is 9.41. The Morgan fingerprint density at radius 2 is 1.58 bits per heavy atom. The molecule has 0 aromatic heterocycles. The lowest BCUT2D eigenvalue weighted by molar-refractivity contribution is 0.336. The maximum atomic E-state index is 11.0. The van der Waals surface area contributed by atoms with E-state index in [1.807, 2.05) is 0 Å². The summed E-state index contributed by atoms with van der Waals surface area (Å²) in [6.07, 6.45) is 1.68. The van der Waals surface area contributed by atoms with Crippen molar-refractivity contribution < 1.29 is 29.5 Å². The largest absolute Gasteiger partial charge is 0.508 e. The van der Waals surface area contributed by atoms with Crippen molar-refractivity contribution in [2.45, 2.75) is 6.92 Å². The van der Waals surface area contributed by atoms with Gasteiger partial charge >= 0.3 is 0 Å². The number of benzene rings is 3. The number of halogens is 1. The third-order valence-corrected chi connectivity index (χ3v) is 4.83. The monoisotopic (exact) mass is 442 g/mol. The van der Waals surface area contributed by atoms with Gasteiger partial charge in [-0.1, -0.05) is 29.8 Å². The molecule has 31 heavy (non-hydrogen) atoms. The Kier molecular flexibility index (Phi) is 6.82. The van der Waals surface area contributed by atoms with Gasteiger partial charge in [-0.25, -0.2) is 0 Å². The second-order valence-corrected chi connectivity index (χ2v) is 7.31. The highest BCUT2D eigenvalue weighted by Gasteiger charge is 2.22. The summed E-state index contributed by atoms with van der Waals surface area (Å²) in [7, 11) is 2.94. The molecule has 0 fully saturated rings. The van der Waals surface area contributed by atoms with Crippen LogP contribution in [0.4, 0.5) is 0 Å². The predicted octanol–water partition coefficient (Wildman–Crippen LogP) is 5.68. The van der Waals surface area contributed by atoms with E-state index in [0.717, 1.165) is 5.56 Å². The normalized spacial score (nSPS) is 11.3. The van der Waals surface area contributed by atoms with Gasteiger partial charge in [0.15, 0.2) is 23.0 Å². The highest BCUT2D eigenvalue weighted by Crippen LogP contribution is 2.50. The Morgan fingerprint density at radius 3 is 2.16 bits per heavy atom. The second-order valence-electron chi connectivity index (χ2n) is 6.71. The van der Waals surface area contributed by atoms with E-state index in [2.05, 4.69) is 0 Å². The maximum absolute atomic E-state index is 11.0. The number of ether oxygens (including phenoxy) is 3. The predicted molar refractivity (Wildman–Crippen MR) is 121 cm³/mol. The van der Waals surface area contributed by atoms with Crippen LogP contribution in [0.1, 0.15) is 6.92 Å². The first kappa shape index (κ1) is 22.2. The van der Waals surface area contributed by atoms with Crippen LogP contribution < -0.4 is 14.2 Å². The van der Waals surface area contributed by atoms with Crippen LogP contribution in [0.2, 0.25) is 0 Å². The molecule has 162 valence electrons. The Hall–Kier alpha value is -3.51. The van der Waals surface area contributed by atoms with E-state index in [0.29, 0.717) is 27.5 Å². The number of allylic oxidation sites excluding steroid dienone is 1. The summed E-state index contributed by atoms with van der Waals surface area (Å²) in [6.45, 7) is 1.95. The van der Waals surface area contributed by atoms with E-state index < -0.39 is 0 Å². The molecule has 0 radical (unpaired) electrons. The molecular formula is C24H23ClO6. The number of phenolic OH excluding ortho intramolecular Hbond substituents is 3. The van der Waals surface area contributed by atoms with Gasteiger partial charge in [0.05, 0.1) is 19.8 Å².